The lowest BCUT2D eigenvalue weighted by Crippen LogP contribution is -2.35. The first-order valence-corrected chi connectivity index (χ1v) is 7.85. The summed E-state index contributed by atoms with van der Waals surface area (Å²) in [7, 11) is -3.09. The van der Waals surface area contributed by atoms with Crippen LogP contribution in [0.5, 0.6) is 0 Å². The van der Waals surface area contributed by atoms with E-state index in [-0.39, 0.29) is 32.8 Å². The van der Waals surface area contributed by atoms with Crippen molar-refractivity contribution in [2.75, 3.05) is 26.4 Å². The highest BCUT2D eigenvalue weighted by atomic mass is 31.1. The van der Waals surface area contributed by atoms with Crippen LogP contribution in [0.1, 0.15) is 20.3 Å². The van der Waals surface area contributed by atoms with Crippen molar-refractivity contribution in [1.82, 2.24) is 0 Å². The van der Waals surface area contributed by atoms with Gasteiger partial charge in [0.1, 0.15) is 19.3 Å². The van der Waals surface area contributed by atoms with Crippen molar-refractivity contribution in [2.45, 2.75) is 26.3 Å². The van der Waals surface area contributed by atoms with Gasteiger partial charge in [-0.25, -0.2) is 0 Å². The van der Waals surface area contributed by atoms with Crippen molar-refractivity contribution in [1.29, 1.82) is 0 Å². The van der Waals surface area contributed by atoms with Crippen molar-refractivity contribution >= 4 is 20.2 Å². The third-order valence-corrected chi connectivity index (χ3v) is 3.05. The van der Waals surface area contributed by atoms with Gasteiger partial charge in [-0.3, -0.25) is 14.2 Å². The van der Waals surface area contributed by atoms with E-state index in [0.29, 0.717) is 0 Å². The molecule has 0 heterocycles. The number of carbonyl (C=O) groups excluding carboxylic acids is 2. The minimum absolute atomic E-state index is 0.169. The third-order valence-electron chi connectivity index (χ3n) is 2.60. The van der Waals surface area contributed by atoms with Crippen molar-refractivity contribution in [3.05, 3.63) is 10.4 Å². The molecule has 2 unspecified atom stereocenters. The molecule has 12 heteroatoms. The maximum Gasteiger partial charge on any atom is 0.316 e. The maximum absolute atomic E-state index is 11.9. The smallest absolute Gasteiger partial charge is 0.316 e. The molecule has 23 heavy (non-hydrogen) atoms. The Morgan fingerprint density at radius 3 is 2.48 bits per heavy atom. The highest BCUT2D eigenvalue weighted by molar-refractivity contribution is 7.32. The average Bonchev–Trinajstić information content (AvgIpc) is 2.48. The number of hydrogen-bond acceptors (Lipinski definition) is 8. The van der Waals surface area contributed by atoms with Crippen LogP contribution in [0.2, 0.25) is 0 Å². The standard InChI is InChI=1S/C11H20N3O8P/c1-11(2,10(17)21-5-6-22-23(18)19)7-8(13-14-12)9(16)20-4-3-15/h8,15,23H,3-7H2,1-2H3,(H,18,19). The van der Waals surface area contributed by atoms with Gasteiger partial charge in [-0.2, -0.15) is 0 Å². The normalized spacial score (nSPS) is 13.6. The summed E-state index contributed by atoms with van der Waals surface area (Å²) in [5.41, 5.74) is 7.31. The van der Waals surface area contributed by atoms with Crippen LogP contribution in [-0.2, 0) is 28.2 Å². The monoisotopic (exact) mass is 353 g/mol. The SMILES string of the molecule is CC(C)(CC(N=[N+]=[N-])C(=O)OCCO)C(=O)OCCO[PH](=O)O. The largest absolute Gasteiger partial charge is 0.463 e. The Kier molecular flexibility index (Phi) is 10.2. The number of esters is 2. The molecule has 0 fully saturated rings. The molecule has 2 atom stereocenters. The first kappa shape index (κ1) is 21.4. The van der Waals surface area contributed by atoms with Crippen LogP contribution in [-0.4, -0.2) is 54.4 Å². The fourth-order valence-electron chi connectivity index (χ4n) is 1.50. The Hall–Kier alpha value is -1.64. The van der Waals surface area contributed by atoms with Gasteiger partial charge in [0.05, 0.1) is 18.6 Å². The van der Waals surface area contributed by atoms with Gasteiger partial charge in [-0.05, 0) is 25.8 Å². The van der Waals surface area contributed by atoms with E-state index in [9.17, 15) is 14.2 Å². The number of nitrogens with zero attached hydrogens (tertiary/aromatic N) is 3. The van der Waals surface area contributed by atoms with Crippen LogP contribution >= 0.6 is 8.25 Å². The van der Waals surface area contributed by atoms with Crippen LogP contribution in [0.4, 0.5) is 0 Å². The maximum atomic E-state index is 11.9. The number of hydrogen-bond donors (Lipinski definition) is 2. The molecule has 2 N–H and O–H groups in total. The van der Waals surface area contributed by atoms with Crippen molar-refractivity contribution in [2.24, 2.45) is 10.5 Å². The van der Waals surface area contributed by atoms with Crippen LogP contribution in [0.15, 0.2) is 5.11 Å². The highest BCUT2D eigenvalue weighted by Crippen LogP contribution is 2.26. The third kappa shape index (κ3) is 9.17. The van der Waals surface area contributed by atoms with Gasteiger partial charge in [0.15, 0.2) is 0 Å². The number of rotatable bonds is 11. The predicted octanol–water partition coefficient (Wildman–Crippen LogP) is 0.559. The van der Waals surface area contributed by atoms with Gasteiger partial charge in [-0.1, -0.05) is 5.11 Å². The van der Waals surface area contributed by atoms with E-state index in [1.165, 1.54) is 13.8 Å². The molecule has 11 nitrogen and oxygen atoms in total. The van der Waals surface area contributed by atoms with Gasteiger partial charge in [-0.15, -0.1) is 0 Å². The molecule has 0 bridgehead atoms. The average molecular weight is 353 g/mol. The Balaban J connectivity index is 4.62. The van der Waals surface area contributed by atoms with Crippen LogP contribution in [0.25, 0.3) is 10.4 Å². The summed E-state index contributed by atoms with van der Waals surface area (Å²) in [5.74, 6) is -1.56. The van der Waals surface area contributed by atoms with Crippen molar-refractivity contribution in [3.8, 4) is 0 Å². The zero-order valence-corrected chi connectivity index (χ0v) is 13.8. The van der Waals surface area contributed by atoms with Gasteiger partial charge in [0.2, 0.25) is 0 Å². The second-order valence-electron chi connectivity index (χ2n) is 4.95. The van der Waals surface area contributed by atoms with Gasteiger partial charge >= 0.3 is 20.2 Å². The summed E-state index contributed by atoms with van der Waals surface area (Å²) in [6, 6.07) is -1.25. The van der Waals surface area contributed by atoms with E-state index in [4.69, 9.17) is 20.3 Å². The van der Waals surface area contributed by atoms with E-state index in [1.807, 2.05) is 0 Å². The second kappa shape index (κ2) is 11.0. The molecule has 0 aliphatic carbocycles. The number of aliphatic hydroxyl groups excluding tert-OH is 1. The minimum atomic E-state index is -3.09. The molecular formula is C11H20N3O8P. The van der Waals surface area contributed by atoms with Crippen molar-refractivity contribution in [3.63, 3.8) is 0 Å². The number of aliphatic hydroxyl groups is 1. The molecule has 0 aromatic heterocycles. The Bertz CT molecular complexity index is 478. The molecule has 0 amide bonds. The zero-order valence-electron chi connectivity index (χ0n) is 12.8. The van der Waals surface area contributed by atoms with Crippen LogP contribution in [0.3, 0.4) is 0 Å². The molecule has 0 rings (SSSR count). The fourth-order valence-corrected chi connectivity index (χ4v) is 1.76. The van der Waals surface area contributed by atoms with Crippen LogP contribution < -0.4 is 0 Å². The van der Waals surface area contributed by atoms with Crippen molar-refractivity contribution < 1.29 is 38.2 Å². The Morgan fingerprint density at radius 2 is 1.96 bits per heavy atom. The number of carbonyl (C=O) groups is 2. The summed E-state index contributed by atoms with van der Waals surface area (Å²) in [4.78, 5) is 34.6. The molecule has 0 aromatic rings. The topological polar surface area (TPSA) is 168 Å². The second-order valence-corrected chi connectivity index (χ2v) is 5.77. The quantitative estimate of drug-likeness (QED) is 0.136. The summed E-state index contributed by atoms with van der Waals surface area (Å²) in [5, 5.41) is 11.9. The van der Waals surface area contributed by atoms with Gasteiger partial charge in [0.25, 0.3) is 0 Å². The molecule has 0 radical (unpaired) electrons. The first-order chi connectivity index (χ1) is 10.7. The summed E-state index contributed by atoms with van der Waals surface area (Å²) in [6.07, 6.45) is -0.169. The summed E-state index contributed by atoms with van der Waals surface area (Å²) in [6.45, 7) is 1.84. The molecule has 132 valence electrons. The lowest BCUT2D eigenvalue weighted by molar-refractivity contribution is -0.156. The summed E-state index contributed by atoms with van der Waals surface area (Å²) >= 11 is 0. The molecule has 0 spiro atoms. The molecular weight excluding hydrogens is 333 g/mol. The lowest BCUT2D eigenvalue weighted by atomic mass is 9.86. The Morgan fingerprint density at radius 1 is 1.30 bits per heavy atom. The summed E-state index contributed by atoms with van der Waals surface area (Å²) < 4.78 is 24.2. The van der Waals surface area contributed by atoms with Gasteiger partial charge < -0.3 is 24.0 Å². The molecule has 0 aliphatic heterocycles. The highest BCUT2D eigenvalue weighted by Gasteiger charge is 2.35. The zero-order chi connectivity index (χ0) is 17.9. The van der Waals surface area contributed by atoms with Crippen LogP contribution in [0, 0.1) is 5.41 Å². The van der Waals surface area contributed by atoms with Gasteiger partial charge in [0, 0.05) is 4.91 Å². The molecule has 0 saturated heterocycles. The molecule has 0 saturated carbocycles. The fraction of sp³-hybridized carbons (Fsp3) is 0.818. The number of ether oxygens (including phenoxy) is 2. The molecule has 0 aromatic carbocycles. The van der Waals surface area contributed by atoms with E-state index in [1.54, 1.807) is 0 Å². The minimum Gasteiger partial charge on any atom is -0.463 e. The number of azide groups is 1. The predicted molar refractivity (Wildman–Crippen MR) is 77.5 cm³/mol. The van der Waals surface area contributed by atoms with E-state index in [2.05, 4.69) is 19.3 Å². The van der Waals surface area contributed by atoms with E-state index >= 15 is 0 Å². The van der Waals surface area contributed by atoms with E-state index < -0.39 is 31.7 Å². The lowest BCUT2D eigenvalue weighted by Gasteiger charge is -2.24. The molecule has 0 aliphatic rings. The first-order valence-electron chi connectivity index (χ1n) is 6.59. The van der Waals surface area contributed by atoms with E-state index in [0.717, 1.165) is 0 Å². The Labute approximate surface area is 133 Å².